The van der Waals surface area contributed by atoms with E-state index < -0.39 is 11.8 Å². The molecule has 2 rings (SSSR count). The van der Waals surface area contributed by atoms with Crippen molar-refractivity contribution in [2.75, 3.05) is 25.6 Å². The fraction of sp³-hybridized carbons (Fsp3) is 0.235. The molecular weight excluding hydrogens is 299 g/mol. The Morgan fingerprint density at radius 2 is 2.00 bits per heavy atom. The minimum atomic E-state index is -0.553. The molecule has 0 aliphatic carbocycles. The molecular formula is C17H19FN2O3. The molecule has 0 aromatic heterocycles. The number of amides is 2. The number of carbonyl (C=O) groups excluding carboxylic acids is 1. The smallest absolute Gasteiger partial charge is 0.322 e. The van der Waals surface area contributed by atoms with Crippen LogP contribution in [0.4, 0.5) is 14.9 Å². The number of nitrogens with zero attached hydrogens (tertiary/aromatic N) is 1. The summed E-state index contributed by atoms with van der Waals surface area (Å²) in [7, 11) is 1.46. The summed E-state index contributed by atoms with van der Waals surface area (Å²) in [5.74, 6) is -0.110. The van der Waals surface area contributed by atoms with Gasteiger partial charge >= 0.3 is 6.03 Å². The topological polar surface area (TPSA) is 61.8 Å². The number of rotatable bonds is 6. The van der Waals surface area contributed by atoms with Crippen molar-refractivity contribution in [3.8, 4) is 5.75 Å². The van der Waals surface area contributed by atoms with E-state index in [-0.39, 0.29) is 18.8 Å². The van der Waals surface area contributed by atoms with E-state index in [4.69, 9.17) is 9.84 Å². The van der Waals surface area contributed by atoms with Gasteiger partial charge in [-0.2, -0.15) is 0 Å². The van der Waals surface area contributed by atoms with Crippen LogP contribution in [0.1, 0.15) is 5.56 Å². The second kappa shape index (κ2) is 8.14. The van der Waals surface area contributed by atoms with E-state index in [1.54, 1.807) is 0 Å². The summed E-state index contributed by atoms with van der Waals surface area (Å²) < 4.78 is 18.8. The zero-order valence-electron chi connectivity index (χ0n) is 12.8. The second-order valence-corrected chi connectivity index (χ2v) is 4.91. The van der Waals surface area contributed by atoms with Gasteiger partial charge in [0.1, 0.15) is 11.6 Å². The van der Waals surface area contributed by atoms with E-state index >= 15 is 0 Å². The number of halogens is 1. The SMILES string of the molecule is COc1ccc(F)c(NC(=O)N(CCO)Cc2ccccc2)c1. The average molecular weight is 318 g/mol. The molecule has 6 heteroatoms. The number of methoxy groups -OCH3 is 1. The molecule has 0 aliphatic rings. The third-order valence-corrected chi connectivity index (χ3v) is 3.29. The molecule has 2 aromatic carbocycles. The molecule has 0 saturated heterocycles. The van der Waals surface area contributed by atoms with Gasteiger partial charge in [-0.1, -0.05) is 30.3 Å². The predicted octanol–water partition coefficient (Wildman–Crippen LogP) is 2.86. The van der Waals surface area contributed by atoms with Crippen LogP contribution in [0.2, 0.25) is 0 Å². The van der Waals surface area contributed by atoms with Crippen molar-refractivity contribution in [3.05, 3.63) is 59.9 Å². The molecule has 0 radical (unpaired) electrons. The first kappa shape index (κ1) is 16.8. The Balaban J connectivity index is 2.12. The molecule has 23 heavy (non-hydrogen) atoms. The predicted molar refractivity (Wildman–Crippen MR) is 85.9 cm³/mol. The Morgan fingerprint density at radius 3 is 2.65 bits per heavy atom. The van der Waals surface area contributed by atoms with Crippen molar-refractivity contribution in [2.24, 2.45) is 0 Å². The minimum absolute atomic E-state index is 0.0327. The molecule has 0 bridgehead atoms. The summed E-state index contributed by atoms with van der Waals surface area (Å²) in [5.41, 5.74) is 0.951. The molecule has 0 spiro atoms. The number of ether oxygens (including phenoxy) is 1. The first-order valence-corrected chi connectivity index (χ1v) is 7.18. The van der Waals surface area contributed by atoms with Crippen LogP contribution in [0.3, 0.4) is 0 Å². The van der Waals surface area contributed by atoms with Gasteiger partial charge in [-0.25, -0.2) is 9.18 Å². The van der Waals surface area contributed by atoms with Crippen molar-refractivity contribution < 1.29 is 19.0 Å². The van der Waals surface area contributed by atoms with Crippen molar-refractivity contribution in [1.82, 2.24) is 4.90 Å². The number of urea groups is 1. The Hall–Kier alpha value is -2.60. The number of aliphatic hydroxyl groups excluding tert-OH is 1. The molecule has 0 aliphatic heterocycles. The van der Waals surface area contributed by atoms with Gasteiger partial charge in [-0.15, -0.1) is 0 Å². The second-order valence-electron chi connectivity index (χ2n) is 4.91. The van der Waals surface area contributed by atoms with Crippen LogP contribution in [0, 0.1) is 5.82 Å². The maximum Gasteiger partial charge on any atom is 0.322 e. The number of carbonyl (C=O) groups is 1. The molecule has 0 unspecified atom stereocenters. The molecule has 0 saturated carbocycles. The maximum atomic E-state index is 13.8. The third kappa shape index (κ3) is 4.69. The van der Waals surface area contributed by atoms with Crippen LogP contribution in [-0.2, 0) is 6.54 Å². The number of hydrogen-bond acceptors (Lipinski definition) is 3. The Kier molecular flexibility index (Phi) is 5.94. The summed E-state index contributed by atoms with van der Waals surface area (Å²) in [6.45, 7) is 0.284. The number of anilines is 1. The lowest BCUT2D eigenvalue weighted by Crippen LogP contribution is -2.36. The molecule has 122 valence electrons. The highest BCUT2D eigenvalue weighted by Crippen LogP contribution is 2.21. The average Bonchev–Trinajstić information content (AvgIpc) is 2.57. The van der Waals surface area contributed by atoms with Crippen LogP contribution in [0.5, 0.6) is 5.75 Å². The van der Waals surface area contributed by atoms with Gasteiger partial charge in [0.15, 0.2) is 0 Å². The van der Waals surface area contributed by atoms with Crippen molar-refractivity contribution >= 4 is 11.7 Å². The molecule has 0 fully saturated rings. The highest BCUT2D eigenvalue weighted by Gasteiger charge is 2.16. The van der Waals surface area contributed by atoms with Crippen LogP contribution in [-0.4, -0.2) is 36.3 Å². The van der Waals surface area contributed by atoms with E-state index in [9.17, 15) is 9.18 Å². The molecule has 2 N–H and O–H groups in total. The van der Waals surface area contributed by atoms with Crippen molar-refractivity contribution in [2.45, 2.75) is 6.54 Å². The van der Waals surface area contributed by atoms with Gasteiger partial charge in [0, 0.05) is 19.2 Å². The maximum absolute atomic E-state index is 13.8. The zero-order valence-corrected chi connectivity index (χ0v) is 12.8. The number of aliphatic hydroxyl groups is 1. The van der Waals surface area contributed by atoms with E-state index in [1.807, 2.05) is 30.3 Å². The fourth-order valence-corrected chi connectivity index (χ4v) is 2.10. The number of hydrogen-bond donors (Lipinski definition) is 2. The summed E-state index contributed by atoms with van der Waals surface area (Å²) in [5, 5.41) is 11.7. The Bertz CT molecular complexity index is 650. The summed E-state index contributed by atoms with van der Waals surface area (Å²) in [4.78, 5) is 13.8. The zero-order chi connectivity index (χ0) is 16.7. The Labute approximate surface area is 134 Å². The third-order valence-electron chi connectivity index (χ3n) is 3.29. The summed E-state index contributed by atoms with van der Waals surface area (Å²) in [6.07, 6.45) is 0. The van der Waals surface area contributed by atoms with E-state index in [0.717, 1.165) is 5.56 Å². The van der Waals surface area contributed by atoms with Crippen LogP contribution in [0.15, 0.2) is 48.5 Å². The first-order chi connectivity index (χ1) is 11.1. The quantitative estimate of drug-likeness (QED) is 0.861. The lowest BCUT2D eigenvalue weighted by molar-refractivity contribution is 0.185. The monoisotopic (exact) mass is 318 g/mol. The van der Waals surface area contributed by atoms with Crippen LogP contribution >= 0.6 is 0 Å². The fourth-order valence-electron chi connectivity index (χ4n) is 2.10. The number of benzene rings is 2. The van der Waals surface area contributed by atoms with Gasteiger partial charge < -0.3 is 20.1 Å². The van der Waals surface area contributed by atoms with E-state index in [1.165, 1.54) is 30.2 Å². The minimum Gasteiger partial charge on any atom is -0.497 e. The molecule has 0 heterocycles. The largest absolute Gasteiger partial charge is 0.497 e. The van der Waals surface area contributed by atoms with Gasteiger partial charge in [-0.3, -0.25) is 0 Å². The Morgan fingerprint density at radius 1 is 1.26 bits per heavy atom. The molecule has 5 nitrogen and oxygen atoms in total. The van der Waals surface area contributed by atoms with Gasteiger partial charge in [0.25, 0.3) is 0 Å². The standard InChI is InChI=1S/C17H19FN2O3/c1-23-14-7-8-15(18)16(11-14)19-17(22)20(9-10-21)12-13-5-3-2-4-6-13/h2-8,11,21H,9-10,12H2,1H3,(H,19,22). The van der Waals surface area contributed by atoms with E-state index in [2.05, 4.69) is 5.32 Å². The highest BCUT2D eigenvalue weighted by atomic mass is 19.1. The normalized spacial score (nSPS) is 10.2. The molecule has 2 aromatic rings. The molecule has 2 amide bonds. The summed E-state index contributed by atoms with van der Waals surface area (Å²) >= 11 is 0. The highest BCUT2D eigenvalue weighted by molar-refractivity contribution is 5.89. The van der Waals surface area contributed by atoms with Gasteiger partial charge in [0.05, 0.1) is 19.4 Å². The van der Waals surface area contributed by atoms with Crippen LogP contribution < -0.4 is 10.1 Å². The van der Waals surface area contributed by atoms with Crippen molar-refractivity contribution in [3.63, 3.8) is 0 Å². The van der Waals surface area contributed by atoms with E-state index in [0.29, 0.717) is 12.3 Å². The lowest BCUT2D eigenvalue weighted by Gasteiger charge is -2.22. The van der Waals surface area contributed by atoms with Gasteiger partial charge in [-0.05, 0) is 17.7 Å². The van der Waals surface area contributed by atoms with Crippen molar-refractivity contribution in [1.29, 1.82) is 0 Å². The lowest BCUT2D eigenvalue weighted by atomic mass is 10.2. The molecule has 0 atom stereocenters. The van der Waals surface area contributed by atoms with Crippen LogP contribution in [0.25, 0.3) is 0 Å². The first-order valence-electron chi connectivity index (χ1n) is 7.18. The summed E-state index contributed by atoms with van der Waals surface area (Å²) in [6, 6.07) is 13.0. The van der Waals surface area contributed by atoms with Gasteiger partial charge in [0.2, 0.25) is 0 Å². The number of nitrogens with one attached hydrogen (secondary N) is 1.